The Morgan fingerprint density at radius 1 is 1.06 bits per heavy atom. The highest BCUT2D eigenvalue weighted by Gasteiger charge is 2.44. The Labute approximate surface area is 193 Å². The maximum atomic E-state index is 12.4. The lowest BCUT2D eigenvalue weighted by molar-refractivity contribution is -0.121. The van der Waals surface area contributed by atoms with Gasteiger partial charge in [0.1, 0.15) is 12.4 Å². The van der Waals surface area contributed by atoms with E-state index in [9.17, 15) is 24.9 Å². The lowest BCUT2D eigenvalue weighted by atomic mass is 9.81. The van der Waals surface area contributed by atoms with E-state index in [0.29, 0.717) is 18.8 Å². The van der Waals surface area contributed by atoms with Gasteiger partial charge in [-0.2, -0.15) is 0 Å². The third-order valence-electron chi connectivity index (χ3n) is 7.52. The Morgan fingerprint density at radius 3 is 2.44 bits per heavy atom. The molecule has 4 atom stereocenters. The first kappa shape index (κ1) is 27.0. The Bertz CT molecular complexity index is 626. The van der Waals surface area contributed by atoms with E-state index in [1.165, 1.54) is 25.3 Å². The summed E-state index contributed by atoms with van der Waals surface area (Å²) in [7, 11) is 0. The standard InChI is InChI=1S/C26H44O6/c1-2-3-4-8-15-26(32,19-13-14-19)16-9-11-21-20(23(29)17-24(21)30)10-6-5-7-12-22(28)25(31)18-27/h12,19-21,24,27-28,30,32H,2-11,13-18H2,1H3/t20-,21-,24-,26?/m1/s1. The van der Waals surface area contributed by atoms with Gasteiger partial charge in [0, 0.05) is 12.3 Å². The molecule has 2 saturated carbocycles. The molecule has 0 aliphatic heterocycles. The van der Waals surface area contributed by atoms with Crippen LogP contribution in [0.5, 0.6) is 0 Å². The first-order valence-electron chi connectivity index (χ1n) is 12.8. The number of carbonyl (C=O) groups is 2. The van der Waals surface area contributed by atoms with Crippen LogP contribution in [0.1, 0.15) is 103 Å². The van der Waals surface area contributed by atoms with Crippen LogP contribution >= 0.6 is 0 Å². The van der Waals surface area contributed by atoms with E-state index in [4.69, 9.17) is 5.11 Å². The van der Waals surface area contributed by atoms with Crippen molar-refractivity contribution in [2.75, 3.05) is 6.61 Å². The van der Waals surface area contributed by atoms with Gasteiger partial charge in [0.05, 0.1) is 11.7 Å². The molecule has 6 heteroatoms. The summed E-state index contributed by atoms with van der Waals surface area (Å²) in [6.45, 7) is 1.49. The number of rotatable bonds is 17. The van der Waals surface area contributed by atoms with Crippen molar-refractivity contribution < 1.29 is 30.0 Å². The van der Waals surface area contributed by atoms with Crippen molar-refractivity contribution in [3.63, 3.8) is 0 Å². The van der Waals surface area contributed by atoms with E-state index >= 15 is 0 Å². The molecule has 2 aliphatic carbocycles. The predicted molar refractivity (Wildman–Crippen MR) is 124 cm³/mol. The highest BCUT2D eigenvalue weighted by molar-refractivity contribution is 5.93. The third-order valence-corrected chi connectivity index (χ3v) is 7.52. The molecule has 0 spiro atoms. The van der Waals surface area contributed by atoms with Crippen molar-refractivity contribution in [3.05, 3.63) is 11.8 Å². The number of aliphatic hydroxyl groups excluding tert-OH is 3. The fourth-order valence-electron chi connectivity index (χ4n) is 5.38. The summed E-state index contributed by atoms with van der Waals surface area (Å²) in [4.78, 5) is 23.6. The van der Waals surface area contributed by atoms with Gasteiger partial charge in [-0.3, -0.25) is 9.59 Å². The van der Waals surface area contributed by atoms with Crippen LogP contribution in [0, 0.1) is 17.8 Å². The second-order valence-electron chi connectivity index (χ2n) is 10.0. The van der Waals surface area contributed by atoms with Gasteiger partial charge in [-0.05, 0) is 69.3 Å². The minimum Gasteiger partial charge on any atom is -0.505 e. The van der Waals surface area contributed by atoms with Crippen LogP contribution in [0.2, 0.25) is 0 Å². The summed E-state index contributed by atoms with van der Waals surface area (Å²) in [5, 5.41) is 39.9. The second kappa shape index (κ2) is 13.5. The van der Waals surface area contributed by atoms with Gasteiger partial charge < -0.3 is 20.4 Å². The van der Waals surface area contributed by atoms with Gasteiger partial charge in [-0.25, -0.2) is 0 Å². The summed E-state index contributed by atoms with van der Waals surface area (Å²) >= 11 is 0. The Morgan fingerprint density at radius 2 is 1.78 bits per heavy atom. The van der Waals surface area contributed by atoms with Gasteiger partial charge in [-0.15, -0.1) is 0 Å². The number of hydrogen-bond donors (Lipinski definition) is 4. The van der Waals surface area contributed by atoms with E-state index in [0.717, 1.165) is 57.8 Å². The number of unbranched alkanes of at least 4 members (excludes halogenated alkanes) is 5. The molecule has 0 saturated heterocycles. The molecular weight excluding hydrogens is 408 g/mol. The first-order valence-corrected chi connectivity index (χ1v) is 12.8. The van der Waals surface area contributed by atoms with Crippen LogP contribution in [0.3, 0.4) is 0 Å². The highest BCUT2D eigenvalue weighted by atomic mass is 16.3. The number of Topliss-reactive ketones (excluding diaryl/α,β-unsaturated/α-hetero) is 2. The van der Waals surface area contributed by atoms with E-state index in [1.54, 1.807) is 0 Å². The average molecular weight is 453 g/mol. The second-order valence-corrected chi connectivity index (χ2v) is 10.0. The van der Waals surface area contributed by atoms with Crippen LogP contribution in [0.4, 0.5) is 0 Å². The number of hydrogen-bond acceptors (Lipinski definition) is 6. The summed E-state index contributed by atoms with van der Waals surface area (Å²) in [6, 6.07) is 0. The van der Waals surface area contributed by atoms with Crippen LogP contribution in [-0.2, 0) is 9.59 Å². The molecule has 1 unspecified atom stereocenters. The zero-order chi connectivity index (χ0) is 23.6. The lowest BCUT2D eigenvalue weighted by Crippen LogP contribution is -2.32. The molecule has 4 N–H and O–H groups in total. The Kier molecular flexibility index (Phi) is 11.4. The van der Waals surface area contributed by atoms with Crippen molar-refractivity contribution in [1.82, 2.24) is 0 Å². The number of ketones is 2. The highest BCUT2D eigenvalue weighted by Crippen LogP contribution is 2.46. The van der Waals surface area contributed by atoms with Gasteiger partial charge in [0.2, 0.25) is 5.78 Å². The molecule has 0 amide bonds. The first-order chi connectivity index (χ1) is 15.3. The van der Waals surface area contributed by atoms with Gasteiger partial charge in [0.15, 0.2) is 5.76 Å². The van der Waals surface area contributed by atoms with Gasteiger partial charge in [-0.1, -0.05) is 45.4 Å². The van der Waals surface area contributed by atoms with E-state index < -0.39 is 29.9 Å². The third kappa shape index (κ3) is 8.27. The van der Waals surface area contributed by atoms with E-state index in [-0.39, 0.29) is 24.0 Å². The smallest absolute Gasteiger partial charge is 0.221 e. The Balaban J connectivity index is 1.77. The van der Waals surface area contributed by atoms with Gasteiger partial charge in [0.25, 0.3) is 0 Å². The van der Waals surface area contributed by atoms with Crippen LogP contribution in [-0.4, -0.2) is 50.3 Å². The van der Waals surface area contributed by atoms with Crippen molar-refractivity contribution in [2.24, 2.45) is 17.8 Å². The molecule has 2 rings (SSSR count). The maximum Gasteiger partial charge on any atom is 0.221 e. The molecule has 184 valence electrons. The average Bonchev–Trinajstić information content (AvgIpc) is 3.59. The lowest BCUT2D eigenvalue weighted by Gasteiger charge is -2.30. The number of aliphatic hydroxyl groups is 4. The molecule has 0 radical (unpaired) electrons. The fourth-order valence-corrected chi connectivity index (χ4v) is 5.38. The van der Waals surface area contributed by atoms with Gasteiger partial charge >= 0.3 is 0 Å². The fraction of sp³-hybridized carbons (Fsp3) is 0.846. The largest absolute Gasteiger partial charge is 0.505 e. The minimum absolute atomic E-state index is 0.0362. The van der Waals surface area contributed by atoms with E-state index in [2.05, 4.69) is 6.92 Å². The molecule has 2 aliphatic rings. The zero-order valence-corrected chi connectivity index (χ0v) is 19.8. The predicted octanol–water partition coefficient (Wildman–Crippen LogP) is 4.40. The summed E-state index contributed by atoms with van der Waals surface area (Å²) in [5.41, 5.74) is -0.572. The number of allylic oxidation sites excluding steroid dienone is 1. The minimum atomic E-state index is -0.701. The van der Waals surface area contributed by atoms with Crippen LogP contribution in [0.25, 0.3) is 0 Å². The molecule has 2 fully saturated rings. The molecule has 6 nitrogen and oxygen atoms in total. The SMILES string of the molecule is CCCCCCC(O)(CCC[C@H]1[C@H](O)CC(=O)[C@@H]1CCCCC=C(O)C(=O)CO)C1CC1. The molecule has 0 aromatic rings. The molecule has 0 aromatic heterocycles. The van der Waals surface area contributed by atoms with Crippen LogP contribution in [0.15, 0.2) is 11.8 Å². The maximum absolute atomic E-state index is 12.4. The van der Waals surface area contributed by atoms with Crippen molar-refractivity contribution in [1.29, 1.82) is 0 Å². The van der Waals surface area contributed by atoms with E-state index in [1.807, 2.05) is 0 Å². The normalized spacial score (nSPS) is 25.8. The van der Waals surface area contributed by atoms with Crippen molar-refractivity contribution >= 4 is 11.6 Å². The molecule has 0 bridgehead atoms. The van der Waals surface area contributed by atoms with Crippen molar-refractivity contribution in [3.8, 4) is 0 Å². The molecule has 0 aromatic carbocycles. The molecule has 0 heterocycles. The Hall–Kier alpha value is -1.24. The zero-order valence-electron chi connectivity index (χ0n) is 19.8. The quantitative estimate of drug-likeness (QED) is 0.148. The molecular formula is C26H44O6. The topological polar surface area (TPSA) is 115 Å². The summed E-state index contributed by atoms with van der Waals surface area (Å²) in [5.74, 6) is -0.706. The number of carbonyl (C=O) groups excluding carboxylic acids is 2. The monoisotopic (exact) mass is 452 g/mol. The van der Waals surface area contributed by atoms with Crippen molar-refractivity contribution in [2.45, 2.75) is 115 Å². The summed E-state index contributed by atoms with van der Waals surface area (Å²) < 4.78 is 0. The van der Waals surface area contributed by atoms with Crippen LogP contribution < -0.4 is 0 Å². The molecule has 32 heavy (non-hydrogen) atoms. The summed E-state index contributed by atoms with van der Waals surface area (Å²) in [6.07, 6.45) is 13.9.